The number of urea groups is 1. The second-order valence-electron chi connectivity index (χ2n) is 8.33. The normalized spacial score (nSPS) is 20.1. The highest BCUT2D eigenvalue weighted by Gasteiger charge is 2.22. The molecule has 0 bridgehead atoms. The average Bonchev–Trinajstić information content (AvgIpc) is 3.11. The third-order valence-corrected chi connectivity index (χ3v) is 5.06. The molecule has 7 nitrogen and oxygen atoms in total. The molecule has 0 aliphatic carbocycles. The molecular weight excluding hydrogens is 366 g/mol. The summed E-state index contributed by atoms with van der Waals surface area (Å²) in [5.41, 5.74) is 2.38. The van der Waals surface area contributed by atoms with Crippen molar-refractivity contribution in [3.05, 3.63) is 47.7 Å². The molecule has 1 aromatic carbocycles. The van der Waals surface area contributed by atoms with Gasteiger partial charge < -0.3 is 9.64 Å². The van der Waals surface area contributed by atoms with Gasteiger partial charge in [0.05, 0.1) is 12.2 Å². The topological polar surface area (TPSA) is 62.6 Å². The van der Waals surface area contributed by atoms with Crippen LogP contribution >= 0.6 is 0 Å². The Balaban J connectivity index is 1.51. The number of carbonyl (C=O) groups excluding carboxylic acids is 1. The molecule has 1 aliphatic heterocycles. The van der Waals surface area contributed by atoms with Crippen LogP contribution in [0.25, 0.3) is 0 Å². The van der Waals surface area contributed by atoms with E-state index in [0.717, 1.165) is 25.2 Å². The lowest BCUT2D eigenvalue weighted by atomic mass is 10.1. The molecule has 1 aliphatic rings. The zero-order valence-electron chi connectivity index (χ0n) is 18.1. The molecule has 2 aromatic rings. The number of ether oxygens (including phenoxy) is 1. The lowest BCUT2D eigenvalue weighted by Gasteiger charge is -2.35. The van der Waals surface area contributed by atoms with Gasteiger partial charge in [0, 0.05) is 51.5 Å². The van der Waals surface area contributed by atoms with Crippen LogP contribution in [0.3, 0.4) is 0 Å². The van der Waals surface area contributed by atoms with E-state index in [9.17, 15) is 4.79 Å². The van der Waals surface area contributed by atoms with Crippen molar-refractivity contribution in [1.29, 1.82) is 0 Å². The third-order valence-electron chi connectivity index (χ3n) is 5.06. The highest BCUT2D eigenvalue weighted by atomic mass is 16.5. The van der Waals surface area contributed by atoms with Crippen molar-refractivity contribution in [1.82, 2.24) is 19.6 Å². The number of rotatable bonds is 6. The Labute approximate surface area is 173 Å². The Kier molecular flexibility index (Phi) is 6.92. The summed E-state index contributed by atoms with van der Waals surface area (Å²) in [5, 5.41) is 7.21. The first-order chi connectivity index (χ1) is 13.8. The molecule has 1 aromatic heterocycles. The van der Waals surface area contributed by atoms with Gasteiger partial charge >= 0.3 is 6.03 Å². The number of benzene rings is 1. The highest BCUT2D eigenvalue weighted by molar-refractivity contribution is 5.87. The summed E-state index contributed by atoms with van der Waals surface area (Å²) in [7, 11) is 1.79. The van der Waals surface area contributed by atoms with Crippen LogP contribution in [0.15, 0.2) is 36.5 Å². The molecule has 0 spiro atoms. The maximum Gasteiger partial charge on any atom is 0.323 e. The number of carbonyl (C=O) groups is 1. The number of morpholine rings is 1. The molecular formula is C22H33N5O2. The van der Waals surface area contributed by atoms with E-state index in [1.807, 2.05) is 16.9 Å². The number of nitrogens with one attached hydrogen (secondary N) is 1. The maximum atomic E-state index is 12.4. The number of hydrogen-bond acceptors (Lipinski definition) is 4. The van der Waals surface area contributed by atoms with Crippen molar-refractivity contribution in [2.45, 2.75) is 59.0 Å². The second-order valence-corrected chi connectivity index (χ2v) is 8.33. The Morgan fingerprint density at radius 2 is 1.79 bits per heavy atom. The summed E-state index contributed by atoms with van der Waals surface area (Å²) in [6, 6.07) is 10.4. The molecule has 29 heavy (non-hydrogen) atoms. The fraction of sp³-hybridized carbons (Fsp3) is 0.545. The third kappa shape index (κ3) is 6.05. The van der Waals surface area contributed by atoms with Crippen molar-refractivity contribution in [2.75, 3.05) is 25.5 Å². The van der Waals surface area contributed by atoms with E-state index in [4.69, 9.17) is 4.74 Å². The minimum atomic E-state index is -0.167. The first-order valence-corrected chi connectivity index (χ1v) is 10.3. The molecule has 1 N–H and O–H groups in total. The van der Waals surface area contributed by atoms with Crippen LogP contribution in [0.1, 0.15) is 44.9 Å². The standard InChI is InChI=1S/C22H33N5O2/c1-16(2)27-11-10-21(24-27)23-22(28)25(5)14-19-6-8-20(9-7-19)15-26-12-17(3)29-18(4)13-26/h6-11,16-18H,12-15H2,1-5H3,(H,23,24,28)/t17-,18+. The van der Waals surface area contributed by atoms with Crippen molar-refractivity contribution in [3.63, 3.8) is 0 Å². The van der Waals surface area contributed by atoms with Gasteiger partial charge in [-0.15, -0.1) is 0 Å². The van der Waals surface area contributed by atoms with Gasteiger partial charge in [-0.1, -0.05) is 24.3 Å². The fourth-order valence-corrected chi connectivity index (χ4v) is 3.66. The average molecular weight is 400 g/mol. The molecule has 3 rings (SSSR count). The van der Waals surface area contributed by atoms with Crippen LogP contribution in [0, 0.1) is 0 Å². The zero-order valence-corrected chi connectivity index (χ0v) is 18.1. The van der Waals surface area contributed by atoms with Crippen LogP contribution < -0.4 is 5.32 Å². The molecule has 0 radical (unpaired) electrons. The van der Waals surface area contributed by atoms with Gasteiger partial charge in [0.2, 0.25) is 0 Å². The van der Waals surface area contributed by atoms with Crippen LogP contribution in [0.5, 0.6) is 0 Å². The SMILES string of the molecule is CC(C)n1ccc(NC(=O)N(C)Cc2ccc(CN3C[C@@H](C)O[C@@H](C)C3)cc2)n1. The summed E-state index contributed by atoms with van der Waals surface area (Å²) in [4.78, 5) is 16.5. The van der Waals surface area contributed by atoms with Crippen LogP contribution in [0.2, 0.25) is 0 Å². The Hall–Kier alpha value is -2.38. The van der Waals surface area contributed by atoms with E-state index in [0.29, 0.717) is 12.4 Å². The Morgan fingerprint density at radius 1 is 1.17 bits per heavy atom. The van der Waals surface area contributed by atoms with Gasteiger partial charge in [-0.05, 0) is 38.8 Å². The van der Waals surface area contributed by atoms with Gasteiger partial charge in [-0.2, -0.15) is 5.10 Å². The van der Waals surface area contributed by atoms with Gasteiger partial charge in [0.25, 0.3) is 0 Å². The molecule has 2 atom stereocenters. The molecule has 2 heterocycles. The minimum absolute atomic E-state index is 0.167. The van der Waals surface area contributed by atoms with Gasteiger partial charge in [0.1, 0.15) is 0 Å². The Bertz CT molecular complexity index is 792. The second kappa shape index (κ2) is 9.41. The summed E-state index contributed by atoms with van der Waals surface area (Å²) in [6.07, 6.45) is 2.42. The van der Waals surface area contributed by atoms with Crippen molar-refractivity contribution < 1.29 is 9.53 Å². The van der Waals surface area contributed by atoms with E-state index in [-0.39, 0.29) is 24.3 Å². The molecule has 7 heteroatoms. The van der Waals surface area contributed by atoms with E-state index in [2.05, 4.69) is 67.3 Å². The predicted molar refractivity (Wildman–Crippen MR) is 115 cm³/mol. The van der Waals surface area contributed by atoms with E-state index < -0.39 is 0 Å². The maximum absolute atomic E-state index is 12.4. The lowest BCUT2D eigenvalue weighted by Crippen LogP contribution is -2.44. The highest BCUT2D eigenvalue weighted by Crippen LogP contribution is 2.16. The number of hydrogen-bond donors (Lipinski definition) is 1. The monoisotopic (exact) mass is 399 g/mol. The van der Waals surface area contributed by atoms with Crippen LogP contribution in [0.4, 0.5) is 10.6 Å². The molecule has 0 unspecified atom stereocenters. The van der Waals surface area contributed by atoms with E-state index in [1.54, 1.807) is 11.9 Å². The number of nitrogens with zero attached hydrogens (tertiary/aromatic N) is 4. The van der Waals surface area contributed by atoms with Crippen molar-refractivity contribution in [3.8, 4) is 0 Å². The number of amides is 2. The van der Waals surface area contributed by atoms with E-state index >= 15 is 0 Å². The smallest absolute Gasteiger partial charge is 0.323 e. The molecule has 2 amide bonds. The molecule has 1 fully saturated rings. The van der Waals surface area contributed by atoms with Gasteiger partial charge in [-0.25, -0.2) is 4.79 Å². The van der Waals surface area contributed by atoms with Crippen LogP contribution in [-0.2, 0) is 17.8 Å². The molecule has 158 valence electrons. The summed E-state index contributed by atoms with van der Waals surface area (Å²) in [5.74, 6) is 0.569. The van der Waals surface area contributed by atoms with Gasteiger partial charge in [0.15, 0.2) is 5.82 Å². The minimum Gasteiger partial charge on any atom is -0.373 e. The van der Waals surface area contributed by atoms with Gasteiger partial charge in [-0.3, -0.25) is 14.9 Å². The largest absolute Gasteiger partial charge is 0.373 e. The quantitative estimate of drug-likeness (QED) is 0.804. The number of anilines is 1. The lowest BCUT2D eigenvalue weighted by molar-refractivity contribution is -0.0704. The zero-order chi connectivity index (χ0) is 21.0. The molecule has 0 saturated carbocycles. The number of aromatic nitrogens is 2. The predicted octanol–water partition coefficient (Wildman–Crippen LogP) is 3.74. The first kappa shape index (κ1) is 21.3. The first-order valence-electron chi connectivity index (χ1n) is 10.3. The Morgan fingerprint density at radius 3 is 2.38 bits per heavy atom. The van der Waals surface area contributed by atoms with Crippen molar-refractivity contribution in [2.24, 2.45) is 0 Å². The summed E-state index contributed by atoms with van der Waals surface area (Å²) in [6.45, 7) is 11.7. The van der Waals surface area contributed by atoms with Crippen LogP contribution in [-0.4, -0.2) is 58.0 Å². The van der Waals surface area contributed by atoms with Crippen molar-refractivity contribution >= 4 is 11.8 Å². The van der Waals surface area contributed by atoms with E-state index in [1.165, 1.54) is 5.56 Å². The fourth-order valence-electron chi connectivity index (χ4n) is 3.66. The summed E-state index contributed by atoms with van der Waals surface area (Å²) < 4.78 is 7.63. The summed E-state index contributed by atoms with van der Waals surface area (Å²) >= 11 is 0. The molecule has 1 saturated heterocycles.